The Balaban J connectivity index is 2.28. The van der Waals surface area contributed by atoms with Crippen LogP contribution < -0.4 is 0 Å². The average Bonchev–Trinajstić information content (AvgIpc) is 2.38. The van der Waals surface area contributed by atoms with Crippen LogP contribution in [-0.4, -0.2) is 11.1 Å². The number of aryl methyl sites for hydroxylation is 1. The minimum absolute atomic E-state index is 0.884. The van der Waals surface area contributed by atoms with Crippen LogP contribution in [0.2, 0.25) is 0 Å². The molecule has 0 heterocycles. The van der Waals surface area contributed by atoms with E-state index in [4.69, 9.17) is 5.11 Å². The topological polar surface area (TPSA) is 37.3 Å². The maximum absolute atomic E-state index is 10.4. The summed E-state index contributed by atoms with van der Waals surface area (Å²) in [6, 6.07) is 16.0. The maximum atomic E-state index is 10.4. The highest BCUT2D eigenvalue weighted by Crippen LogP contribution is 2.23. The Morgan fingerprint density at radius 2 is 1.72 bits per heavy atom. The summed E-state index contributed by atoms with van der Waals surface area (Å²) in [6.45, 7) is 2.08. The highest BCUT2D eigenvalue weighted by Gasteiger charge is 2.00. The maximum Gasteiger partial charge on any atom is 0.328 e. The van der Waals surface area contributed by atoms with Crippen LogP contribution in [0, 0.1) is 6.92 Å². The fourth-order valence-electron chi connectivity index (χ4n) is 1.84. The van der Waals surface area contributed by atoms with Crippen molar-refractivity contribution in [2.45, 2.75) is 6.92 Å². The summed E-state index contributed by atoms with van der Waals surface area (Å²) in [5.41, 5.74) is 4.45. The summed E-state index contributed by atoms with van der Waals surface area (Å²) in [4.78, 5) is 10.4. The zero-order valence-corrected chi connectivity index (χ0v) is 10.1. The molecule has 2 rings (SSSR count). The third kappa shape index (κ3) is 2.86. The third-order valence-electron chi connectivity index (χ3n) is 2.79. The molecule has 90 valence electrons. The normalized spacial score (nSPS) is 10.7. The van der Waals surface area contributed by atoms with E-state index in [1.165, 1.54) is 11.1 Å². The Kier molecular flexibility index (Phi) is 3.58. The van der Waals surface area contributed by atoms with Gasteiger partial charge in [-0.3, -0.25) is 0 Å². The van der Waals surface area contributed by atoms with Gasteiger partial charge < -0.3 is 5.11 Å². The van der Waals surface area contributed by atoms with Crippen LogP contribution in [0.5, 0.6) is 0 Å². The fraction of sp³-hybridized carbons (Fsp3) is 0.0625. The molecule has 0 radical (unpaired) electrons. The van der Waals surface area contributed by atoms with Crippen molar-refractivity contribution in [3.8, 4) is 11.1 Å². The van der Waals surface area contributed by atoms with Gasteiger partial charge in [0.15, 0.2) is 0 Å². The number of benzene rings is 2. The molecule has 0 unspecified atom stereocenters. The number of rotatable bonds is 3. The smallest absolute Gasteiger partial charge is 0.328 e. The zero-order chi connectivity index (χ0) is 13.0. The van der Waals surface area contributed by atoms with Crippen molar-refractivity contribution in [3.05, 3.63) is 65.7 Å². The Hall–Kier alpha value is -2.35. The van der Waals surface area contributed by atoms with E-state index in [2.05, 4.69) is 19.1 Å². The third-order valence-corrected chi connectivity index (χ3v) is 2.79. The standard InChI is InChI=1S/C16H14O2/c1-12-4-2-3-5-15(12)14-9-6-13(7-10-14)8-11-16(17)18/h2-11H,1H3,(H,17,18). The lowest BCUT2D eigenvalue weighted by molar-refractivity contribution is -0.131. The quantitative estimate of drug-likeness (QED) is 0.827. The van der Waals surface area contributed by atoms with Crippen LogP contribution in [0.25, 0.3) is 17.2 Å². The highest BCUT2D eigenvalue weighted by molar-refractivity contribution is 5.85. The van der Waals surface area contributed by atoms with Crippen LogP contribution in [0.3, 0.4) is 0 Å². The summed E-state index contributed by atoms with van der Waals surface area (Å²) >= 11 is 0. The number of carboxylic acids is 1. The first-order valence-corrected chi connectivity index (χ1v) is 5.74. The van der Waals surface area contributed by atoms with Gasteiger partial charge in [0.05, 0.1) is 0 Å². The van der Waals surface area contributed by atoms with E-state index in [0.29, 0.717) is 0 Å². The summed E-state index contributed by atoms with van der Waals surface area (Å²) in [7, 11) is 0. The molecular weight excluding hydrogens is 224 g/mol. The Morgan fingerprint density at radius 1 is 1.06 bits per heavy atom. The summed E-state index contributed by atoms with van der Waals surface area (Å²) in [6.07, 6.45) is 2.73. The summed E-state index contributed by atoms with van der Waals surface area (Å²) in [5.74, 6) is -0.932. The van der Waals surface area contributed by atoms with Gasteiger partial charge in [-0.2, -0.15) is 0 Å². The molecule has 0 saturated heterocycles. The number of hydrogen-bond donors (Lipinski definition) is 1. The number of aliphatic carboxylic acids is 1. The van der Waals surface area contributed by atoms with E-state index in [9.17, 15) is 4.79 Å². The molecule has 2 nitrogen and oxygen atoms in total. The molecular formula is C16H14O2. The lowest BCUT2D eigenvalue weighted by Gasteiger charge is -2.05. The molecule has 2 aromatic carbocycles. The van der Waals surface area contributed by atoms with Crippen molar-refractivity contribution in [3.63, 3.8) is 0 Å². The zero-order valence-electron chi connectivity index (χ0n) is 10.1. The first kappa shape index (κ1) is 12.1. The van der Waals surface area contributed by atoms with Crippen molar-refractivity contribution in [1.29, 1.82) is 0 Å². The van der Waals surface area contributed by atoms with Crippen molar-refractivity contribution >= 4 is 12.0 Å². The van der Waals surface area contributed by atoms with E-state index in [0.717, 1.165) is 17.2 Å². The van der Waals surface area contributed by atoms with E-state index in [-0.39, 0.29) is 0 Å². The van der Waals surface area contributed by atoms with Gasteiger partial charge in [-0.15, -0.1) is 0 Å². The molecule has 0 aliphatic carbocycles. The first-order chi connectivity index (χ1) is 8.66. The molecule has 0 aromatic heterocycles. The van der Waals surface area contributed by atoms with Crippen LogP contribution >= 0.6 is 0 Å². The molecule has 0 aliphatic heterocycles. The average molecular weight is 238 g/mol. The molecule has 0 aliphatic rings. The van der Waals surface area contributed by atoms with E-state index in [1.807, 2.05) is 36.4 Å². The molecule has 2 aromatic rings. The second-order valence-electron chi connectivity index (χ2n) is 4.11. The van der Waals surface area contributed by atoms with E-state index < -0.39 is 5.97 Å². The molecule has 0 fully saturated rings. The van der Waals surface area contributed by atoms with E-state index >= 15 is 0 Å². The SMILES string of the molecule is Cc1ccccc1-c1ccc(C=CC(=O)O)cc1. The Labute approximate surface area is 106 Å². The van der Waals surface area contributed by atoms with Crippen molar-refractivity contribution in [1.82, 2.24) is 0 Å². The molecule has 0 bridgehead atoms. The van der Waals surface area contributed by atoms with Crippen LogP contribution in [0.4, 0.5) is 0 Å². The van der Waals surface area contributed by atoms with Gasteiger partial charge in [0.25, 0.3) is 0 Å². The Bertz CT molecular complexity index is 580. The van der Waals surface area contributed by atoms with Crippen LogP contribution in [-0.2, 0) is 4.79 Å². The van der Waals surface area contributed by atoms with E-state index in [1.54, 1.807) is 6.08 Å². The monoisotopic (exact) mass is 238 g/mol. The molecule has 0 atom stereocenters. The van der Waals surface area contributed by atoms with Gasteiger partial charge in [0.1, 0.15) is 0 Å². The number of carboxylic acid groups (broad SMARTS) is 1. The molecule has 0 amide bonds. The van der Waals surface area contributed by atoms with Crippen molar-refractivity contribution < 1.29 is 9.90 Å². The fourth-order valence-corrected chi connectivity index (χ4v) is 1.84. The van der Waals surface area contributed by atoms with Crippen LogP contribution in [0.1, 0.15) is 11.1 Å². The van der Waals surface area contributed by atoms with Gasteiger partial charge in [0.2, 0.25) is 0 Å². The van der Waals surface area contributed by atoms with Crippen molar-refractivity contribution in [2.24, 2.45) is 0 Å². The summed E-state index contributed by atoms with van der Waals surface area (Å²) < 4.78 is 0. The lowest BCUT2D eigenvalue weighted by Crippen LogP contribution is -1.86. The molecule has 0 spiro atoms. The second kappa shape index (κ2) is 5.32. The predicted octanol–water partition coefficient (Wildman–Crippen LogP) is 3.76. The largest absolute Gasteiger partial charge is 0.478 e. The minimum Gasteiger partial charge on any atom is -0.478 e. The minimum atomic E-state index is -0.932. The highest BCUT2D eigenvalue weighted by atomic mass is 16.4. The van der Waals surface area contributed by atoms with Crippen molar-refractivity contribution in [2.75, 3.05) is 0 Å². The predicted molar refractivity (Wildman–Crippen MR) is 73.3 cm³/mol. The second-order valence-corrected chi connectivity index (χ2v) is 4.11. The van der Waals surface area contributed by atoms with Gasteiger partial charge in [-0.1, -0.05) is 48.5 Å². The number of carbonyl (C=O) groups is 1. The van der Waals surface area contributed by atoms with Gasteiger partial charge in [-0.05, 0) is 35.3 Å². The lowest BCUT2D eigenvalue weighted by atomic mass is 9.99. The van der Waals surface area contributed by atoms with Crippen LogP contribution in [0.15, 0.2) is 54.6 Å². The molecule has 18 heavy (non-hydrogen) atoms. The Morgan fingerprint density at radius 3 is 2.33 bits per heavy atom. The van der Waals surface area contributed by atoms with Gasteiger partial charge in [-0.25, -0.2) is 4.79 Å². The first-order valence-electron chi connectivity index (χ1n) is 5.74. The number of hydrogen-bond acceptors (Lipinski definition) is 1. The summed E-state index contributed by atoms with van der Waals surface area (Å²) in [5, 5.41) is 8.56. The molecule has 1 N–H and O–H groups in total. The molecule has 0 saturated carbocycles. The molecule has 2 heteroatoms. The van der Waals surface area contributed by atoms with Gasteiger partial charge in [0, 0.05) is 6.08 Å². The van der Waals surface area contributed by atoms with Gasteiger partial charge >= 0.3 is 5.97 Å².